The van der Waals surface area contributed by atoms with Gasteiger partial charge in [-0.05, 0) is 0 Å². The molecule has 0 rings (SSSR count). The van der Waals surface area contributed by atoms with Gasteiger partial charge in [-0.25, -0.2) is 4.79 Å². The number of hydrogen-bond donors (Lipinski definition) is 2. The van der Waals surface area contributed by atoms with Crippen molar-refractivity contribution in [2.45, 2.75) is 19.4 Å². The van der Waals surface area contributed by atoms with Gasteiger partial charge in [-0.2, -0.15) is 0 Å². The van der Waals surface area contributed by atoms with Crippen molar-refractivity contribution in [3.63, 3.8) is 0 Å². The van der Waals surface area contributed by atoms with Gasteiger partial charge in [0.2, 0.25) is 0 Å². The van der Waals surface area contributed by atoms with E-state index in [2.05, 4.69) is 0 Å². The fraction of sp³-hybridized carbons (Fsp3) is 0.857. The smallest absolute Gasteiger partial charge is 0.365 e. The molecule has 0 aliphatic rings. The van der Waals surface area contributed by atoms with Crippen molar-refractivity contribution in [1.82, 2.24) is 0 Å². The maximum absolute atomic E-state index is 10.8. The van der Waals surface area contributed by atoms with Crippen LogP contribution in [0.5, 0.6) is 0 Å². The highest BCUT2D eigenvalue weighted by molar-refractivity contribution is 5.76. The van der Waals surface area contributed by atoms with Crippen molar-refractivity contribution in [2.75, 3.05) is 20.8 Å². The van der Waals surface area contributed by atoms with Crippen LogP contribution >= 0.6 is 0 Å². The van der Waals surface area contributed by atoms with Crippen LogP contribution in [0.1, 0.15) is 13.8 Å². The second-order valence-corrected chi connectivity index (χ2v) is 3.73. The van der Waals surface area contributed by atoms with Crippen molar-refractivity contribution < 1.29 is 14.4 Å². The van der Waals surface area contributed by atoms with Crippen molar-refractivity contribution in [2.24, 2.45) is 5.73 Å². The zero-order valence-electron chi connectivity index (χ0n) is 7.59. The summed E-state index contributed by atoms with van der Waals surface area (Å²) in [6.45, 7) is 3.66. The molecule has 0 atom stereocenters. The van der Waals surface area contributed by atoms with Crippen molar-refractivity contribution >= 4 is 5.97 Å². The molecule has 4 heteroatoms. The predicted octanol–water partition coefficient (Wildman–Crippen LogP) is -0.158. The Bertz CT molecular complexity index is 164. The van der Waals surface area contributed by atoms with Crippen LogP contribution < -0.4 is 5.73 Å². The van der Waals surface area contributed by atoms with E-state index in [-0.39, 0.29) is 4.48 Å². The normalized spacial score (nSPS) is 13.2. The molecule has 0 saturated carbocycles. The van der Waals surface area contributed by atoms with E-state index >= 15 is 0 Å². The van der Waals surface area contributed by atoms with E-state index in [0.717, 1.165) is 0 Å². The third-order valence-corrected chi connectivity index (χ3v) is 2.49. The Balaban J connectivity index is 4.67. The molecule has 0 unspecified atom stereocenters. The number of quaternary nitrogens is 1. The van der Waals surface area contributed by atoms with Gasteiger partial charge in [-0.3, -0.25) is 5.73 Å². The first-order valence-electron chi connectivity index (χ1n) is 3.52. The molecule has 0 spiro atoms. The summed E-state index contributed by atoms with van der Waals surface area (Å²) in [5.41, 5.74) is 4.61. The quantitative estimate of drug-likeness (QED) is 0.446. The Morgan fingerprint density at radius 2 is 1.91 bits per heavy atom. The number of aliphatic carboxylic acids is 1. The summed E-state index contributed by atoms with van der Waals surface area (Å²) in [6, 6.07) is 0. The molecular weight excluding hydrogens is 144 g/mol. The lowest BCUT2D eigenvalue weighted by atomic mass is 10.0. The molecule has 4 nitrogen and oxygen atoms in total. The Morgan fingerprint density at radius 1 is 1.55 bits per heavy atom. The van der Waals surface area contributed by atoms with Crippen LogP contribution in [-0.4, -0.2) is 41.9 Å². The zero-order valence-corrected chi connectivity index (χ0v) is 7.59. The maximum atomic E-state index is 10.8. The van der Waals surface area contributed by atoms with E-state index in [1.807, 2.05) is 0 Å². The fourth-order valence-corrected chi connectivity index (χ4v) is 0.487. The Labute approximate surface area is 67.2 Å². The van der Waals surface area contributed by atoms with E-state index in [9.17, 15) is 4.79 Å². The molecule has 0 aliphatic carbocycles. The Morgan fingerprint density at radius 3 is 2.00 bits per heavy atom. The maximum Gasteiger partial charge on any atom is 0.365 e. The molecule has 0 aromatic carbocycles. The molecule has 0 aromatic rings. The lowest BCUT2D eigenvalue weighted by Crippen LogP contribution is -2.62. The van der Waals surface area contributed by atoms with Gasteiger partial charge in [0.15, 0.2) is 5.54 Å². The first-order chi connectivity index (χ1) is 4.75. The summed E-state index contributed by atoms with van der Waals surface area (Å²) in [5, 5.41) is 8.84. The van der Waals surface area contributed by atoms with E-state index in [1.165, 1.54) is 0 Å². The van der Waals surface area contributed by atoms with Crippen LogP contribution in [0.15, 0.2) is 0 Å². The van der Waals surface area contributed by atoms with E-state index in [1.54, 1.807) is 27.9 Å². The number of carboxylic acids is 1. The van der Waals surface area contributed by atoms with Gasteiger partial charge in [0.1, 0.15) is 6.67 Å². The fourth-order valence-electron chi connectivity index (χ4n) is 0.487. The van der Waals surface area contributed by atoms with E-state index in [0.29, 0.717) is 6.67 Å². The molecule has 66 valence electrons. The summed E-state index contributed by atoms with van der Waals surface area (Å²) in [7, 11) is 3.60. The minimum Gasteiger partial charge on any atom is -0.477 e. The molecular formula is C7H17N2O2+. The number of hydrogen-bond acceptors (Lipinski definition) is 2. The number of nitrogens with zero attached hydrogens (tertiary/aromatic N) is 1. The van der Waals surface area contributed by atoms with Crippen molar-refractivity contribution in [1.29, 1.82) is 0 Å². The van der Waals surface area contributed by atoms with Gasteiger partial charge in [0, 0.05) is 13.8 Å². The third-order valence-electron chi connectivity index (χ3n) is 2.49. The molecule has 0 heterocycles. The first kappa shape index (κ1) is 10.4. The summed E-state index contributed by atoms with van der Waals surface area (Å²) >= 11 is 0. The summed E-state index contributed by atoms with van der Waals surface area (Å²) in [4.78, 5) is 10.8. The molecule has 0 aromatic heterocycles. The number of nitrogens with two attached hydrogens (primary N) is 1. The molecule has 0 bridgehead atoms. The van der Waals surface area contributed by atoms with Crippen LogP contribution in [0, 0.1) is 0 Å². The molecule has 0 radical (unpaired) electrons. The van der Waals surface area contributed by atoms with E-state index < -0.39 is 11.5 Å². The molecule has 0 amide bonds. The highest BCUT2D eigenvalue weighted by atomic mass is 16.4. The van der Waals surface area contributed by atoms with Crippen LogP contribution in [0.4, 0.5) is 0 Å². The standard InChI is InChI=1S/C7H16N2O2/c1-7(2,6(10)11)9(3,4)5-8/h5,8H2,1-4H3/p+1. The van der Waals surface area contributed by atoms with Crippen molar-refractivity contribution in [3.8, 4) is 0 Å². The summed E-state index contributed by atoms with van der Waals surface area (Å²) in [6.07, 6.45) is 0. The largest absolute Gasteiger partial charge is 0.477 e. The number of likely N-dealkylation sites (N-methyl/N-ethyl adjacent to an activating group) is 1. The monoisotopic (exact) mass is 161 g/mol. The van der Waals surface area contributed by atoms with Gasteiger partial charge >= 0.3 is 5.97 Å². The average Bonchev–Trinajstić information content (AvgIpc) is 1.87. The lowest BCUT2D eigenvalue weighted by Gasteiger charge is -2.40. The number of carboxylic acid groups (broad SMARTS) is 1. The van der Waals surface area contributed by atoms with Gasteiger partial charge in [-0.1, -0.05) is 0 Å². The van der Waals surface area contributed by atoms with Gasteiger partial charge in [0.05, 0.1) is 14.1 Å². The second kappa shape index (κ2) is 2.79. The Kier molecular flexibility index (Phi) is 2.64. The molecule has 0 aliphatic heterocycles. The van der Waals surface area contributed by atoms with E-state index in [4.69, 9.17) is 10.8 Å². The van der Waals surface area contributed by atoms with Crippen LogP contribution in [-0.2, 0) is 4.79 Å². The second-order valence-electron chi connectivity index (χ2n) is 3.73. The van der Waals surface area contributed by atoms with Gasteiger partial charge in [0.25, 0.3) is 0 Å². The average molecular weight is 161 g/mol. The lowest BCUT2D eigenvalue weighted by molar-refractivity contribution is -0.927. The third kappa shape index (κ3) is 1.70. The van der Waals surface area contributed by atoms with Crippen LogP contribution in [0.3, 0.4) is 0 Å². The summed E-state index contributed by atoms with van der Waals surface area (Å²) < 4.78 is 0.280. The minimum absolute atomic E-state index is 0.280. The van der Waals surface area contributed by atoms with Crippen LogP contribution in [0.25, 0.3) is 0 Å². The molecule has 11 heavy (non-hydrogen) atoms. The zero-order chi connectivity index (χ0) is 9.28. The predicted molar refractivity (Wildman–Crippen MR) is 42.9 cm³/mol. The highest BCUT2D eigenvalue weighted by Gasteiger charge is 2.42. The molecule has 3 N–H and O–H groups in total. The minimum atomic E-state index is -0.826. The SMILES string of the molecule is CC(C)(C(=O)O)[N+](C)(C)CN. The van der Waals surface area contributed by atoms with Crippen molar-refractivity contribution in [3.05, 3.63) is 0 Å². The van der Waals surface area contributed by atoms with Gasteiger partial charge in [-0.15, -0.1) is 0 Å². The van der Waals surface area contributed by atoms with Gasteiger partial charge < -0.3 is 9.59 Å². The Hall–Kier alpha value is -0.610. The molecule has 0 fully saturated rings. The molecule has 0 saturated heterocycles. The van der Waals surface area contributed by atoms with Crippen LogP contribution in [0.2, 0.25) is 0 Å². The first-order valence-corrected chi connectivity index (χ1v) is 3.52. The highest BCUT2D eigenvalue weighted by Crippen LogP contribution is 2.18. The topological polar surface area (TPSA) is 63.3 Å². The summed E-state index contributed by atoms with van der Waals surface area (Å²) in [5.74, 6) is -0.826. The number of carbonyl (C=O) groups is 1. The number of rotatable bonds is 3.